The Morgan fingerprint density at radius 2 is 2.11 bits per heavy atom. The van der Waals surface area contributed by atoms with E-state index in [4.69, 9.17) is 4.55 Å². The standard InChI is InChI=1S/CH4N2O5S/c2-1(4)3-8-9(5,6)7/h(H3,2,3,4)(H,5,6,7). The Bertz CT molecular complexity index is 193. The molecule has 4 N–H and O–H groups in total. The van der Waals surface area contributed by atoms with Crippen molar-refractivity contribution in [3.63, 3.8) is 0 Å². The van der Waals surface area contributed by atoms with E-state index in [1.807, 2.05) is 0 Å². The molecule has 0 fully saturated rings. The number of hydrogen-bond acceptors (Lipinski definition) is 4. The fourth-order valence-corrected chi connectivity index (χ4v) is 0.281. The van der Waals surface area contributed by atoms with Crippen molar-refractivity contribution >= 4 is 16.4 Å². The van der Waals surface area contributed by atoms with Crippen LogP contribution in [0.4, 0.5) is 4.79 Å². The van der Waals surface area contributed by atoms with Crippen molar-refractivity contribution in [3.8, 4) is 0 Å². The largest absolute Gasteiger partial charge is 0.418 e. The van der Waals surface area contributed by atoms with Gasteiger partial charge in [-0.25, -0.2) is 4.79 Å². The first-order valence-corrected chi connectivity index (χ1v) is 2.99. The van der Waals surface area contributed by atoms with Crippen LogP contribution in [0.1, 0.15) is 0 Å². The van der Waals surface area contributed by atoms with Crippen molar-refractivity contribution in [2.75, 3.05) is 0 Å². The molecule has 0 aliphatic heterocycles. The Hall–Kier alpha value is -0.860. The fourth-order valence-electron chi connectivity index (χ4n) is 0.0937. The first-order chi connectivity index (χ1) is 3.92. The highest BCUT2D eigenvalue weighted by atomic mass is 32.3. The zero-order valence-corrected chi connectivity index (χ0v) is 4.88. The van der Waals surface area contributed by atoms with Gasteiger partial charge in [0.2, 0.25) is 0 Å². The van der Waals surface area contributed by atoms with Gasteiger partial charge in [0.05, 0.1) is 0 Å². The van der Waals surface area contributed by atoms with E-state index < -0.39 is 16.4 Å². The summed E-state index contributed by atoms with van der Waals surface area (Å²) in [7, 11) is -4.63. The van der Waals surface area contributed by atoms with Crippen LogP contribution in [-0.2, 0) is 14.7 Å². The molecular formula is CH4N2O5S. The summed E-state index contributed by atoms with van der Waals surface area (Å²) in [5.74, 6) is 0. The Balaban J connectivity index is 3.67. The van der Waals surface area contributed by atoms with Crippen LogP contribution in [0.25, 0.3) is 0 Å². The maximum Gasteiger partial charge on any atom is 0.418 e. The summed E-state index contributed by atoms with van der Waals surface area (Å²) in [6.45, 7) is 0. The van der Waals surface area contributed by atoms with Crippen LogP contribution in [0.5, 0.6) is 0 Å². The lowest BCUT2D eigenvalue weighted by atomic mass is 11.2. The van der Waals surface area contributed by atoms with Crippen molar-refractivity contribution in [3.05, 3.63) is 0 Å². The van der Waals surface area contributed by atoms with Crippen molar-refractivity contribution in [2.45, 2.75) is 0 Å². The number of hydroxylamine groups is 1. The number of carbonyl (C=O) groups is 1. The van der Waals surface area contributed by atoms with Crippen molar-refractivity contribution in [1.82, 2.24) is 5.48 Å². The summed E-state index contributed by atoms with van der Waals surface area (Å²) in [5.41, 5.74) is 5.54. The molecule has 54 valence electrons. The summed E-state index contributed by atoms with van der Waals surface area (Å²) in [5, 5.41) is 0. The minimum Gasteiger partial charge on any atom is -0.350 e. The summed E-state index contributed by atoms with van der Waals surface area (Å²) >= 11 is 0. The quantitative estimate of drug-likeness (QED) is 0.328. The molecule has 0 atom stereocenters. The minimum absolute atomic E-state index is 1.19. The molecule has 0 saturated heterocycles. The summed E-state index contributed by atoms with van der Waals surface area (Å²) in [4.78, 5) is 9.66. The van der Waals surface area contributed by atoms with Crippen LogP contribution in [0.2, 0.25) is 0 Å². The smallest absolute Gasteiger partial charge is 0.350 e. The third-order valence-electron chi connectivity index (χ3n) is 0.248. The second kappa shape index (κ2) is 2.62. The maximum absolute atomic E-state index is 9.66. The molecule has 0 aromatic carbocycles. The topological polar surface area (TPSA) is 119 Å². The van der Waals surface area contributed by atoms with E-state index in [0.717, 1.165) is 0 Å². The van der Waals surface area contributed by atoms with Crippen LogP contribution in [0.15, 0.2) is 0 Å². The molecule has 0 unspecified atom stereocenters. The zero-order chi connectivity index (χ0) is 7.49. The second-order valence-corrected chi connectivity index (χ2v) is 2.00. The van der Waals surface area contributed by atoms with Gasteiger partial charge in [0, 0.05) is 0 Å². The maximum atomic E-state index is 9.66. The summed E-state index contributed by atoms with van der Waals surface area (Å²) < 4.78 is 30.2. The number of urea groups is 1. The summed E-state index contributed by atoms with van der Waals surface area (Å²) in [6.07, 6.45) is 0. The molecule has 0 spiro atoms. The third-order valence-corrected chi connectivity index (χ3v) is 0.542. The lowest BCUT2D eigenvalue weighted by Crippen LogP contribution is -2.31. The SMILES string of the molecule is NC(=O)NOS(=O)(=O)O. The van der Waals surface area contributed by atoms with Crippen molar-refractivity contribution < 1.29 is 22.0 Å². The predicted octanol–water partition coefficient (Wildman–Crippen LogP) is -1.61. The van der Waals surface area contributed by atoms with Gasteiger partial charge in [0.1, 0.15) is 0 Å². The molecule has 8 heteroatoms. The van der Waals surface area contributed by atoms with Gasteiger partial charge in [0.15, 0.2) is 0 Å². The van der Waals surface area contributed by atoms with E-state index >= 15 is 0 Å². The Morgan fingerprint density at radius 3 is 2.22 bits per heavy atom. The molecule has 0 rings (SSSR count). The number of amides is 2. The first kappa shape index (κ1) is 8.14. The van der Waals surface area contributed by atoms with Gasteiger partial charge in [-0.1, -0.05) is 0 Å². The lowest BCUT2D eigenvalue weighted by Gasteiger charge is -1.94. The van der Waals surface area contributed by atoms with Gasteiger partial charge in [-0.05, 0) is 0 Å². The number of hydrogen-bond donors (Lipinski definition) is 3. The van der Waals surface area contributed by atoms with E-state index in [2.05, 4.69) is 10.0 Å². The van der Waals surface area contributed by atoms with E-state index in [9.17, 15) is 13.2 Å². The highest BCUT2D eigenvalue weighted by Crippen LogP contribution is 1.77. The molecule has 0 saturated carbocycles. The van der Waals surface area contributed by atoms with Crippen LogP contribution >= 0.6 is 0 Å². The molecule has 0 aromatic heterocycles. The highest BCUT2D eigenvalue weighted by molar-refractivity contribution is 7.80. The third kappa shape index (κ3) is 7.14. The van der Waals surface area contributed by atoms with Crippen LogP contribution in [0, 0.1) is 0 Å². The average molecular weight is 156 g/mol. The molecule has 0 radical (unpaired) electrons. The van der Waals surface area contributed by atoms with Gasteiger partial charge in [0.25, 0.3) is 0 Å². The number of nitrogens with one attached hydrogen (secondary N) is 1. The molecule has 2 amide bonds. The van der Waals surface area contributed by atoms with Crippen LogP contribution in [0.3, 0.4) is 0 Å². The number of nitrogens with two attached hydrogens (primary N) is 1. The van der Waals surface area contributed by atoms with E-state index in [1.54, 1.807) is 0 Å². The summed E-state index contributed by atoms with van der Waals surface area (Å²) in [6, 6.07) is -1.22. The number of primary amides is 1. The van der Waals surface area contributed by atoms with Gasteiger partial charge < -0.3 is 5.73 Å². The second-order valence-electron chi connectivity index (χ2n) is 0.977. The lowest BCUT2D eigenvalue weighted by molar-refractivity contribution is 0.173. The van der Waals surface area contributed by atoms with E-state index in [0.29, 0.717) is 0 Å². The highest BCUT2D eigenvalue weighted by Gasteiger charge is 2.04. The zero-order valence-electron chi connectivity index (χ0n) is 4.07. The fraction of sp³-hybridized carbons (Fsp3) is 0. The monoisotopic (exact) mass is 156 g/mol. The van der Waals surface area contributed by atoms with Gasteiger partial charge in [-0.15, -0.1) is 4.28 Å². The molecular weight excluding hydrogens is 152 g/mol. The Labute approximate surface area is 50.7 Å². The molecule has 0 aliphatic carbocycles. The van der Waals surface area contributed by atoms with Crippen LogP contribution < -0.4 is 11.2 Å². The first-order valence-electron chi connectivity index (χ1n) is 1.63. The normalized spacial score (nSPS) is 10.8. The van der Waals surface area contributed by atoms with E-state index in [-0.39, 0.29) is 0 Å². The van der Waals surface area contributed by atoms with Crippen LogP contribution in [-0.4, -0.2) is 19.0 Å². The number of rotatable bonds is 2. The van der Waals surface area contributed by atoms with Crippen molar-refractivity contribution in [1.29, 1.82) is 0 Å². The molecule has 0 aliphatic rings. The Kier molecular flexibility index (Phi) is 2.37. The number of carbonyl (C=O) groups excluding carboxylic acids is 1. The average Bonchev–Trinajstić information content (AvgIpc) is 1.59. The molecule has 7 nitrogen and oxygen atoms in total. The predicted molar refractivity (Wildman–Crippen MR) is 25.4 cm³/mol. The van der Waals surface area contributed by atoms with Gasteiger partial charge in [-0.3, -0.25) is 4.55 Å². The van der Waals surface area contributed by atoms with Crippen molar-refractivity contribution in [2.24, 2.45) is 5.73 Å². The van der Waals surface area contributed by atoms with Gasteiger partial charge >= 0.3 is 16.4 Å². The van der Waals surface area contributed by atoms with E-state index in [1.165, 1.54) is 5.48 Å². The molecule has 0 bridgehead atoms. The Morgan fingerprint density at radius 1 is 1.67 bits per heavy atom. The molecule has 9 heavy (non-hydrogen) atoms. The van der Waals surface area contributed by atoms with Gasteiger partial charge in [-0.2, -0.15) is 13.9 Å². The molecule has 0 aromatic rings. The minimum atomic E-state index is -4.63. The molecule has 0 heterocycles.